The number of fused-ring (bicyclic) bond motifs is 1. The van der Waals surface area contributed by atoms with E-state index in [4.69, 9.17) is 10.3 Å². The molecular formula is C26H23N7O4S. The van der Waals surface area contributed by atoms with Crippen LogP contribution in [0.15, 0.2) is 64.5 Å². The van der Waals surface area contributed by atoms with Crippen LogP contribution in [-0.2, 0) is 11.3 Å². The van der Waals surface area contributed by atoms with Crippen LogP contribution in [0.2, 0.25) is 0 Å². The quantitative estimate of drug-likeness (QED) is 0.310. The van der Waals surface area contributed by atoms with Crippen molar-refractivity contribution in [2.45, 2.75) is 19.9 Å². The molecular weight excluding hydrogens is 506 g/mol. The topological polar surface area (TPSA) is 149 Å². The highest BCUT2D eigenvalue weighted by Crippen LogP contribution is 2.27. The molecule has 3 aromatic heterocycles. The van der Waals surface area contributed by atoms with E-state index >= 15 is 0 Å². The van der Waals surface area contributed by atoms with E-state index in [-0.39, 0.29) is 30.5 Å². The number of imidazole rings is 1. The average Bonchev–Trinajstić information content (AvgIpc) is 3.65. The fourth-order valence-corrected chi connectivity index (χ4v) is 4.51. The van der Waals surface area contributed by atoms with E-state index in [1.54, 1.807) is 54.1 Å². The molecule has 3 N–H and O–H groups in total. The van der Waals surface area contributed by atoms with Crippen LogP contribution in [-0.4, -0.2) is 44.5 Å². The number of primary amides is 1. The van der Waals surface area contributed by atoms with Crippen molar-refractivity contribution < 1.29 is 18.9 Å². The summed E-state index contributed by atoms with van der Waals surface area (Å²) in [6.07, 6.45) is 0.0414. The minimum Gasteiger partial charge on any atom is -0.370 e. The van der Waals surface area contributed by atoms with Gasteiger partial charge in [-0.25, -0.2) is 9.97 Å². The summed E-state index contributed by atoms with van der Waals surface area (Å²) >= 11 is 1.46. The second-order valence-electron chi connectivity index (χ2n) is 8.49. The molecule has 0 aliphatic heterocycles. The van der Waals surface area contributed by atoms with Crippen molar-refractivity contribution in [3.05, 3.63) is 76.2 Å². The molecule has 5 aromatic rings. The van der Waals surface area contributed by atoms with Crippen molar-refractivity contribution in [3.8, 4) is 11.5 Å². The van der Waals surface area contributed by atoms with E-state index in [0.29, 0.717) is 33.7 Å². The summed E-state index contributed by atoms with van der Waals surface area (Å²) in [4.78, 5) is 47.9. The SMILES string of the molecule is Cc1nc(-c2cc(C(=O)Nc3nc4cc(N(C)C(=O)c5ccccc5)ccc4n3CCC(N)=O)no2)cs1. The minimum absolute atomic E-state index is 0.0414. The first kappa shape index (κ1) is 24.8. The minimum atomic E-state index is -0.542. The van der Waals surface area contributed by atoms with Crippen molar-refractivity contribution in [1.29, 1.82) is 0 Å². The molecule has 0 aliphatic rings. The Balaban J connectivity index is 1.44. The van der Waals surface area contributed by atoms with Crippen LogP contribution in [0.1, 0.15) is 32.3 Å². The van der Waals surface area contributed by atoms with Crippen LogP contribution in [0.4, 0.5) is 11.6 Å². The van der Waals surface area contributed by atoms with Gasteiger partial charge in [0.1, 0.15) is 5.69 Å². The van der Waals surface area contributed by atoms with Crippen molar-refractivity contribution in [3.63, 3.8) is 0 Å². The predicted octanol–water partition coefficient (Wildman–Crippen LogP) is 3.86. The van der Waals surface area contributed by atoms with Gasteiger partial charge in [0.2, 0.25) is 11.9 Å². The van der Waals surface area contributed by atoms with Crippen LogP contribution < -0.4 is 16.0 Å². The molecule has 192 valence electrons. The second kappa shape index (κ2) is 10.3. The maximum absolute atomic E-state index is 13.0. The zero-order valence-electron chi connectivity index (χ0n) is 20.5. The number of thiazole rings is 1. The number of carbonyl (C=O) groups excluding carboxylic acids is 3. The number of nitrogens with one attached hydrogen (secondary N) is 1. The highest BCUT2D eigenvalue weighted by Gasteiger charge is 2.21. The molecule has 3 amide bonds. The molecule has 38 heavy (non-hydrogen) atoms. The summed E-state index contributed by atoms with van der Waals surface area (Å²) in [7, 11) is 1.68. The fourth-order valence-electron chi connectivity index (χ4n) is 3.91. The van der Waals surface area contributed by atoms with Crippen molar-refractivity contribution in [2.24, 2.45) is 5.73 Å². The highest BCUT2D eigenvalue weighted by atomic mass is 32.1. The Morgan fingerprint density at radius 3 is 2.61 bits per heavy atom. The first-order valence-electron chi connectivity index (χ1n) is 11.6. The van der Waals surface area contributed by atoms with Crippen LogP contribution in [0, 0.1) is 6.92 Å². The van der Waals surface area contributed by atoms with E-state index in [2.05, 4.69) is 20.4 Å². The number of nitrogens with two attached hydrogens (primary N) is 1. The summed E-state index contributed by atoms with van der Waals surface area (Å²) in [5.74, 6) is -0.636. The Hall–Kier alpha value is -4.84. The molecule has 0 unspecified atom stereocenters. The average molecular weight is 530 g/mol. The third-order valence-electron chi connectivity index (χ3n) is 5.87. The smallest absolute Gasteiger partial charge is 0.280 e. The Bertz CT molecular complexity index is 1650. The van der Waals surface area contributed by atoms with E-state index in [1.165, 1.54) is 22.3 Å². The van der Waals surface area contributed by atoms with Gasteiger partial charge in [-0.2, -0.15) is 0 Å². The van der Waals surface area contributed by atoms with Crippen LogP contribution in [0.5, 0.6) is 0 Å². The molecule has 0 bridgehead atoms. The Morgan fingerprint density at radius 1 is 1.11 bits per heavy atom. The van der Waals surface area contributed by atoms with Crippen molar-refractivity contribution in [1.82, 2.24) is 19.7 Å². The molecule has 0 fully saturated rings. The third kappa shape index (κ3) is 5.02. The maximum atomic E-state index is 13.0. The summed E-state index contributed by atoms with van der Waals surface area (Å²) in [6.45, 7) is 2.07. The van der Waals surface area contributed by atoms with Crippen molar-refractivity contribution in [2.75, 3.05) is 17.3 Å². The van der Waals surface area contributed by atoms with Gasteiger partial charge in [0.25, 0.3) is 11.8 Å². The van der Waals surface area contributed by atoms with Gasteiger partial charge >= 0.3 is 0 Å². The van der Waals surface area contributed by atoms with E-state index in [0.717, 1.165) is 5.01 Å². The zero-order valence-corrected chi connectivity index (χ0v) is 21.4. The molecule has 0 radical (unpaired) electrons. The van der Waals surface area contributed by atoms with Gasteiger partial charge < -0.3 is 19.7 Å². The van der Waals surface area contributed by atoms with Gasteiger partial charge in [0, 0.05) is 42.7 Å². The Kier molecular flexibility index (Phi) is 6.71. The number of carbonyl (C=O) groups is 3. The number of aryl methyl sites for hydroxylation is 2. The first-order chi connectivity index (χ1) is 18.3. The predicted molar refractivity (Wildman–Crippen MR) is 143 cm³/mol. The lowest BCUT2D eigenvalue weighted by molar-refractivity contribution is -0.118. The van der Waals surface area contributed by atoms with Gasteiger partial charge in [0.15, 0.2) is 11.5 Å². The Morgan fingerprint density at radius 2 is 1.89 bits per heavy atom. The lowest BCUT2D eigenvalue weighted by atomic mass is 10.2. The fraction of sp³-hybridized carbons (Fsp3) is 0.154. The molecule has 11 nitrogen and oxygen atoms in total. The standard InChI is InChI=1S/C26H23N7O4S/c1-15-28-20(14-38-15)22-13-19(31-37-22)24(35)30-26-29-18-12-17(8-9-21(18)33(26)11-10-23(27)34)32(2)25(36)16-6-4-3-5-7-16/h3-9,12-14H,10-11H2,1-2H3,(H2,27,34)(H,29,30,35). The molecule has 0 spiro atoms. The number of benzene rings is 2. The van der Waals surface area contributed by atoms with Crippen molar-refractivity contribution >= 4 is 51.7 Å². The number of nitrogens with zero attached hydrogens (tertiary/aromatic N) is 5. The van der Waals surface area contributed by atoms with Gasteiger partial charge in [-0.05, 0) is 37.3 Å². The maximum Gasteiger partial charge on any atom is 0.280 e. The van der Waals surface area contributed by atoms with Crippen LogP contribution in [0.25, 0.3) is 22.5 Å². The van der Waals surface area contributed by atoms with Gasteiger partial charge in [-0.1, -0.05) is 23.4 Å². The first-order valence-corrected chi connectivity index (χ1v) is 12.5. The largest absolute Gasteiger partial charge is 0.370 e. The molecule has 0 atom stereocenters. The summed E-state index contributed by atoms with van der Waals surface area (Å²) in [6, 6.07) is 15.7. The number of hydrogen-bond donors (Lipinski definition) is 2. The van der Waals surface area contributed by atoms with Crippen LogP contribution in [0.3, 0.4) is 0 Å². The highest BCUT2D eigenvalue weighted by molar-refractivity contribution is 7.09. The normalized spacial score (nSPS) is 11.0. The summed E-state index contributed by atoms with van der Waals surface area (Å²) in [5, 5.41) is 9.29. The zero-order chi connectivity index (χ0) is 26.8. The molecule has 0 saturated heterocycles. The van der Waals surface area contributed by atoms with Crippen LogP contribution >= 0.6 is 11.3 Å². The lowest BCUT2D eigenvalue weighted by Crippen LogP contribution is -2.26. The number of aromatic nitrogens is 4. The van der Waals surface area contributed by atoms with E-state index in [9.17, 15) is 14.4 Å². The molecule has 0 aliphatic carbocycles. The molecule has 2 aromatic carbocycles. The Labute approximate surface area is 220 Å². The number of anilines is 2. The molecule has 3 heterocycles. The van der Waals surface area contributed by atoms with E-state index < -0.39 is 11.8 Å². The summed E-state index contributed by atoms with van der Waals surface area (Å²) < 4.78 is 6.99. The van der Waals surface area contributed by atoms with E-state index in [1.807, 2.05) is 18.4 Å². The number of rotatable bonds is 8. The second-order valence-corrected chi connectivity index (χ2v) is 9.55. The van der Waals surface area contributed by atoms with Gasteiger partial charge in [-0.15, -0.1) is 11.3 Å². The van der Waals surface area contributed by atoms with Gasteiger partial charge in [-0.3, -0.25) is 19.7 Å². The lowest BCUT2D eigenvalue weighted by Gasteiger charge is -2.17. The number of amides is 3. The third-order valence-corrected chi connectivity index (χ3v) is 6.64. The van der Waals surface area contributed by atoms with Gasteiger partial charge in [0.05, 0.1) is 16.0 Å². The monoisotopic (exact) mass is 529 g/mol. The summed E-state index contributed by atoms with van der Waals surface area (Å²) in [5.41, 5.74) is 8.36. The number of hydrogen-bond acceptors (Lipinski definition) is 8. The molecule has 0 saturated carbocycles. The molecule has 12 heteroatoms. The molecule has 5 rings (SSSR count).